The number of hydrogen-bond donors (Lipinski definition) is 2. The first-order valence-electron chi connectivity index (χ1n) is 6.37. The third-order valence-corrected chi connectivity index (χ3v) is 2.94. The van der Waals surface area contributed by atoms with Crippen LogP contribution in [-0.4, -0.2) is 36.7 Å². The van der Waals surface area contributed by atoms with Crippen molar-refractivity contribution < 1.29 is 14.6 Å². The largest absolute Gasteiger partial charge is 0.479 e. The lowest BCUT2D eigenvalue weighted by Gasteiger charge is -2.17. The maximum atomic E-state index is 10.8. The molecule has 0 aliphatic carbocycles. The number of carboxylic acids is 1. The predicted octanol–water partition coefficient (Wildman–Crippen LogP) is 1.94. The van der Waals surface area contributed by atoms with E-state index in [2.05, 4.69) is 16.9 Å². The molecular weight excluding hydrogens is 232 g/mol. The lowest BCUT2D eigenvalue weighted by atomic mass is 10.1. The third-order valence-electron chi connectivity index (χ3n) is 2.94. The molecule has 5 heteroatoms. The van der Waals surface area contributed by atoms with Crippen LogP contribution in [-0.2, 0) is 9.53 Å². The number of aliphatic carboxylic acids is 1. The topological polar surface area (TPSA) is 70.9 Å². The highest BCUT2D eigenvalue weighted by Crippen LogP contribution is 2.10. The van der Waals surface area contributed by atoms with Crippen molar-refractivity contribution in [3.63, 3.8) is 0 Å². The minimum absolute atomic E-state index is 0.255. The quantitative estimate of drug-likeness (QED) is 0.786. The Labute approximate surface area is 108 Å². The minimum atomic E-state index is -0.972. The van der Waals surface area contributed by atoms with Crippen molar-refractivity contribution in [1.82, 2.24) is 5.32 Å². The van der Waals surface area contributed by atoms with Gasteiger partial charge in [-0.05, 0) is 12.8 Å². The van der Waals surface area contributed by atoms with Gasteiger partial charge in [0.15, 0.2) is 6.10 Å². The summed E-state index contributed by atoms with van der Waals surface area (Å²) in [4.78, 5) is 15.3. The molecule has 0 radical (unpaired) electrons. The fourth-order valence-electron chi connectivity index (χ4n) is 1.90. The summed E-state index contributed by atoms with van der Waals surface area (Å²) in [6.45, 7) is 4.67. The first-order chi connectivity index (χ1) is 8.63. The Balaban J connectivity index is 2.44. The molecule has 0 aromatic carbocycles. The Kier molecular flexibility index (Phi) is 6.43. The summed E-state index contributed by atoms with van der Waals surface area (Å²) in [5.41, 5.74) is 0.642. The number of aliphatic imine (C=N–C) groups is 1. The molecular formula is C13H22N2O3. The molecule has 1 aliphatic rings. The number of carboxylic acid groups (broad SMARTS) is 1. The fraction of sp³-hybridized carbons (Fsp3) is 0.692. The molecule has 1 heterocycles. The molecule has 0 saturated carbocycles. The SMILES string of the molecule is C=C(CC(OC)C(=O)O)NC1=NCCCCCC1. The van der Waals surface area contributed by atoms with Crippen LogP contribution in [0.4, 0.5) is 0 Å². The lowest BCUT2D eigenvalue weighted by Crippen LogP contribution is -2.29. The fourth-order valence-corrected chi connectivity index (χ4v) is 1.90. The number of hydrogen-bond acceptors (Lipinski definition) is 4. The van der Waals surface area contributed by atoms with Crippen molar-refractivity contribution in [1.29, 1.82) is 0 Å². The zero-order chi connectivity index (χ0) is 13.4. The highest BCUT2D eigenvalue weighted by molar-refractivity contribution is 5.84. The van der Waals surface area contributed by atoms with Crippen molar-refractivity contribution in [3.8, 4) is 0 Å². The average molecular weight is 254 g/mol. The molecule has 2 N–H and O–H groups in total. The number of nitrogens with one attached hydrogen (secondary N) is 1. The van der Waals surface area contributed by atoms with Gasteiger partial charge >= 0.3 is 5.97 Å². The molecule has 0 aromatic rings. The van der Waals surface area contributed by atoms with Crippen LogP contribution in [0, 0.1) is 0 Å². The van der Waals surface area contributed by atoms with Gasteiger partial charge in [-0.25, -0.2) is 4.79 Å². The van der Waals surface area contributed by atoms with Crippen molar-refractivity contribution >= 4 is 11.8 Å². The molecule has 0 spiro atoms. The van der Waals surface area contributed by atoms with Crippen LogP contribution in [0.5, 0.6) is 0 Å². The zero-order valence-corrected chi connectivity index (χ0v) is 10.9. The van der Waals surface area contributed by atoms with E-state index in [1.165, 1.54) is 20.0 Å². The summed E-state index contributed by atoms with van der Waals surface area (Å²) in [6, 6.07) is 0. The molecule has 18 heavy (non-hydrogen) atoms. The minimum Gasteiger partial charge on any atom is -0.479 e. The standard InChI is InChI=1S/C13H22N2O3/c1-10(9-11(18-2)13(16)17)15-12-7-5-3-4-6-8-14-12/h11H,1,3-9H2,2H3,(H,14,15)(H,16,17). The Morgan fingerprint density at radius 1 is 1.50 bits per heavy atom. The molecule has 0 bridgehead atoms. The zero-order valence-electron chi connectivity index (χ0n) is 10.9. The van der Waals surface area contributed by atoms with Gasteiger partial charge in [0.1, 0.15) is 5.84 Å². The Hall–Kier alpha value is -1.36. The molecule has 1 aliphatic heterocycles. The van der Waals surface area contributed by atoms with Gasteiger partial charge in [0.25, 0.3) is 0 Å². The van der Waals surface area contributed by atoms with Crippen LogP contribution in [0.3, 0.4) is 0 Å². The second-order valence-corrected chi connectivity index (χ2v) is 4.49. The van der Waals surface area contributed by atoms with E-state index < -0.39 is 12.1 Å². The summed E-state index contributed by atoms with van der Waals surface area (Å²) in [6.07, 6.45) is 5.01. The summed E-state index contributed by atoms with van der Waals surface area (Å²) in [5.74, 6) is -0.0556. The Bertz CT molecular complexity index is 326. The van der Waals surface area contributed by atoms with E-state index in [1.807, 2.05) is 0 Å². The van der Waals surface area contributed by atoms with Crippen LogP contribution < -0.4 is 5.32 Å². The first kappa shape index (κ1) is 14.7. The van der Waals surface area contributed by atoms with Gasteiger partial charge in [0, 0.05) is 32.2 Å². The van der Waals surface area contributed by atoms with Crippen LogP contribution in [0.1, 0.15) is 38.5 Å². The third kappa shape index (κ3) is 5.31. The van der Waals surface area contributed by atoms with Gasteiger partial charge in [-0.3, -0.25) is 4.99 Å². The maximum Gasteiger partial charge on any atom is 0.333 e. The van der Waals surface area contributed by atoms with Crippen LogP contribution in [0.25, 0.3) is 0 Å². The molecule has 0 saturated heterocycles. The van der Waals surface area contributed by atoms with E-state index >= 15 is 0 Å². The number of methoxy groups -OCH3 is 1. The second kappa shape index (κ2) is 7.87. The van der Waals surface area contributed by atoms with Crippen molar-refractivity contribution in [2.24, 2.45) is 4.99 Å². The summed E-state index contributed by atoms with van der Waals surface area (Å²) < 4.78 is 4.88. The first-order valence-corrected chi connectivity index (χ1v) is 6.37. The summed E-state index contributed by atoms with van der Waals surface area (Å²) >= 11 is 0. The van der Waals surface area contributed by atoms with E-state index in [9.17, 15) is 4.79 Å². The molecule has 102 valence electrons. The van der Waals surface area contributed by atoms with Crippen molar-refractivity contribution in [2.75, 3.05) is 13.7 Å². The van der Waals surface area contributed by atoms with Crippen molar-refractivity contribution in [3.05, 3.63) is 12.3 Å². The molecule has 5 nitrogen and oxygen atoms in total. The Morgan fingerprint density at radius 3 is 2.89 bits per heavy atom. The highest BCUT2D eigenvalue weighted by atomic mass is 16.5. The average Bonchev–Trinajstić information content (AvgIpc) is 2.29. The molecule has 0 amide bonds. The monoisotopic (exact) mass is 254 g/mol. The normalized spacial score (nSPS) is 18.2. The predicted molar refractivity (Wildman–Crippen MR) is 70.7 cm³/mol. The van der Waals surface area contributed by atoms with Gasteiger partial charge in [0.05, 0.1) is 0 Å². The lowest BCUT2D eigenvalue weighted by molar-refractivity contribution is -0.148. The van der Waals surface area contributed by atoms with E-state index in [-0.39, 0.29) is 6.42 Å². The van der Waals surface area contributed by atoms with Gasteiger partial charge in [-0.2, -0.15) is 0 Å². The van der Waals surface area contributed by atoms with Crippen LogP contribution in [0.2, 0.25) is 0 Å². The highest BCUT2D eigenvalue weighted by Gasteiger charge is 2.18. The van der Waals surface area contributed by atoms with Gasteiger partial charge in [-0.1, -0.05) is 19.4 Å². The van der Waals surface area contributed by atoms with Crippen molar-refractivity contribution in [2.45, 2.75) is 44.6 Å². The number of nitrogens with zero attached hydrogens (tertiary/aromatic N) is 1. The van der Waals surface area contributed by atoms with E-state index in [0.29, 0.717) is 5.70 Å². The van der Waals surface area contributed by atoms with Gasteiger partial charge in [-0.15, -0.1) is 0 Å². The van der Waals surface area contributed by atoms with Gasteiger partial charge < -0.3 is 15.2 Å². The number of carbonyl (C=O) groups is 1. The number of amidine groups is 1. The molecule has 1 atom stereocenters. The summed E-state index contributed by atoms with van der Waals surface area (Å²) in [7, 11) is 1.39. The van der Waals surface area contributed by atoms with Crippen LogP contribution in [0.15, 0.2) is 17.3 Å². The second-order valence-electron chi connectivity index (χ2n) is 4.49. The Morgan fingerprint density at radius 2 is 2.22 bits per heavy atom. The number of rotatable bonds is 5. The molecule has 0 fully saturated rings. The smallest absolute Gasteiger partial charge is 0.333 e. The number of ether oxygens (including phenoxy) is 1. The molecule has 1 unspecified atom stereocenters. The van der Waals surface area contributed by atoms with E-state index in [0.717, 1.165) is 31.6 Å². The van der Waals surface area contributed by atoms with E-state index in [1.54, 1.807) is 0 Å². The van der Waals surface area contributed by atoms with Gasteiger partial charge in [0.2, 0.25) is 0 Å². The van der Waals surface area contributed by atoms with E-state index in [4.69, 9.17) is 9.84 Å². The molecule has 1 rings (SSSR count). The summed E-state index contributed by atoms with van der Waals surface area (Å²) in [5, 5.41) is 12.0. The molecule has 0 aromatic heterocycles. The van der Waals surface area contributed by atoms with Crippen LogP contribution >= 0.6 is 0 Å². The maximum absolute atomic E-state index is 10.8.